The Hall–Kier alpha value is 0.180. The molecule has 1 aromatic rings. The van der Waals surface area contributed by atoms with Crippen molar-refractivity contribution in [2.75, 3.05) is 0 Å². The summed E-state index contributed by atoms with van der Waals surface area (Å²) in [6, 6.07) is 8.44. The third-order valence-electron chi connectivity index (χ3n) is 2.01. The van der Waals surface area contributed by atoms with Crippen LogP contribution in [0.4, 0.5) is 0 Å². The molecule has 1 rings (SSSR count). The molecule has 1 atom stereocenters. The van der Waals surface area contributed by atoms with Crippen LogP contribution in [0.2, 0.25) is 0 Å². The van der Waals surface area contributed by atoms with Gasteiger partial charge < -0.3 is 0 Å². The van der Waals surface area contributed by atoms with Gasteiger partial charge in [0.25, 0.3) is 0 Å². The molecule has 0 N–H and O–H groups in total. The highest BCUT2D eigenvalue weighted by Crippen LogP contribution is 2.19. The van der Waals surface area contributed by atoms with Crippen LogP contribution in [0.1, 0.15) is 25.3 Å². The zero-order valence-corrected chi connectivity index (χ0v) is 10.9. The van der Waals surface area contributed by atoms with Gasteiger partial charge in [-0.05, 0) is 30.9 Å². The molecule has 0 radical (unpaired) electrons. The Morgan fingerprint density at radius 2 is 2.00 bits per heavy atom. The van der Waals surface area contributed by atoms with Crippen molar-refractivity contribution in [3.8, 4) is 0 Å². The van der Waals surface area contributed by atoms with Gasteiger partial charge in [-0.15, -0.1) is 0 Å². The Labute approximate surface area is 97.0 Å². The Bertz CT molecular complexity index is 256. The van der Waals surface area contributed by atoms with Gasteiger partial charge in [0.15, 0.2) is 0 Å². The number of rotatable bonds is 4. The average molecular weight is 306 g/mol. The van der Waals surface area contributed by atoms with Crippen molar-refractivity contribution in [2.45, 2.75) is 31.0 Å². The first-order valence-electron chi connectivity index (χ1n) is 4.57. The molecule has 0 bridgehead atoms. The van der Waals surface area contributed by atoms with Crippen LogP contribution in [0.5, 0.6) is 0 Å². The van der Waals surface area contributed by atoms with Crippen LogP contribution in [0.15, 0.2) is 28.7 Å². The quantitative estimate of drug-likeness (QED) is 0.716. The fourth-order valence-corrected chi connectivity index (χ4v) is 2.08. The predicted octanol–water partition coefficient (Wildman–Crippen LogP) is 4.56. The number of hydrogen-bond donors (Lipinski definition) is 0. The predicted molar refractivity (Wildman–Crippen MR) is 65.5 cm³/mol. The lowest BCUT2D eigenvalue weighted by Crippen LogP contribution is -1.93. The van der Waals surface area contributed by atoms with Crippen molar-refractivity contribution >= 4 is 31.9 Å². The molecule has 1 aromatic carbocycles. The molecule has 0 fully saturated rings. The Balaban J connectivity index is 2.41. The van der Waals surface area contributed by atoms with E-state index in [4.69, 9.17) is 0 Å². The minimum absolute atomic E-state index is 0.634. The van der Waals surface area contributed by atoms with E-state index in [1.165, 1.54) is 22.9 Å². The molecule has 0 aliphatic rings. The van der Waals surface area contributed by atoms with Gasteiger partial charge in [-0.3, -0.25) is 0 Å². The summed E-state index contributed by atoms with van der Waals surface area (Å²) < 4.78 is 1.23. The molecule has 72 valence electrons. The maximum absolute atomic E-state index is 3.55. The first-order chi connectivity index (χ1) is 6.20. The van der Waals surface area contributed by atoms with Crippen LogP contribution in [0, 0.1) is 0 Å². The van der Waals surface area contributed by atoms with E-state index in [0.717, 1.165) is 6.42 Å². The summed E-state index contributed by atoms with van der Waals surface area (Å²) >= 11 is 7.11. The smallest absolute Gasteiger partial charge is 0.0207 e. The summed E-state index contributed by atoms with van der Waals surface area (Å²) in [6.45, 7) is 2.19. The molecule has 0 nitrogen and oxygen atoms in total. The van der Waals surface area contributed by atoms with E-state index in [0.29, 0.717) is 4.83 Å². The maximum Gasteiger partial charge on any atom is 0.0207 e. The summed E-state index contributed by atoms with van der Waals surface area (Å²) in [6.07, 6.45) is 3.65. The number of alkyl halides is 1. The minimum Gasteiger partial charge on any atom is -0.0894 e. The van der Waals surface area contributed by atoms with Gasteiger partial charge in [0, 0.05) is 9.30 Å². The van der Waals surface area contributed by atoms with Gasteiger partial charge in [0.1, 0.15) is 0 Å². The second kappa shape index (κ2) is 5.82. The van der Waals surface area contributed by atoms with Crippen LogP contribution in [-0.2, 0) is 6.42 Å². The molecule has 0 heterocycles. The van der Waals surface area contributed by atoms with Gasteiger partial charge >= 0.3 is 0 Å². The van der Waals surface area contributed by atoms with Crippen molar-refractivity contribution < 1.29 is 0 Å². The molecule has 1 unspecified atom stereocenters. The molecule has 13 heavy (non-hydrogen) atoms. The number of hydrogen-bond acceptors (Lipinski definition) is 0. The molecule has 0 spiro atoms. The van der Waals surface area contributed by atoms with Crippen LogP contribution in [-0.4, -0.2) is 4.83 Å². The van der Waals surface area contributed by atoms with Crippen LogP contribution >= 0.6 is 31.9 Å². The van der Waals surface area contributed by atoms with Gasteiger partial charge in [0.2, 0.25) is 0 Å². The van der Waals surface area contributed by atoms with E-state index in [-0.39, 0.29) is 0 Å². The number of halogens is 2. The van der Waals surface area contributed by atoms with Crippen molar-refractivity contribution in [3.05, 3.63) is 34.3 Å². The third kappa shape index (κ3) is 4.28. The molecule has 0 amide bonds. The fraction of sp³-hybridized carbons (Fsp3) is 0.455. The molecule has 0 saturated carbocycles. The van der Waals surface area contributed by atoms with Gasteiger partial charge in [-0.2, -0.15) is 0 Å². The van der Waals surface area contributed by atoms with Crippen molar-refractivity contribution in [1.29, 1.82) is 0 Å². The second-order valence-electron chi connectivity index (χ2n) is 3.26. The lowest BCUT2D eigenvalue weighted by atomic mass is 10.1. The maximum atomic E-state index is 3.55. The number of benzene rings is 1. The van der Waals surface area contributed by atoms with E-state index >= 15 is 0 Å². The second-order valence-corrected chi connectivity index (χ2v) is 5.68. The Kier molecular flexibility index (Phi) is 5.04. The Morgan fingerprint density at radius 3 is 2.62 bits per heavy atom. The van der Waals surface area contributed by atoms with E-state index < -0.39 is 0 Å². The summed E-state index contributed by atoms with van der Waals surface area (Å²) in [5.41, 5.74) is 1.41. The fourth-order valence-electron chi connectivity index (χ4n) is 1.27. The summed E-state index contributed by atoms with van der Waals surface area (Å²) in [7, 11) is 0. The largest absolute Gasteiger partial charge is 0.0894 e. The molecule has 0 aromatic heterocycles. The highest BCUT2D eigenvalue weighted by Gasteiger charge is 1.99. The lowest BCUT2D eigenvalue weighted by Gasteiger charge is -2.05. The van der Waals surface area contributed by atoms with Crippen molar-refractivity contribution in [2.24, 2.45) is 0 Å². The standard InChI is InChI=1S/C11H14Br2/c1-9(12)5-4-7-10-6-2-3-8-11(10)13/h2-3,6,8-9H,4-5,7H2,1H3. The molecular weight excluding hydrogens is 292 g/mol. The average Bonchev–Trinajstić information content (AvgIpc) is 2.08. The zero-order chi connectivity index (χ0) is 9.68. The van der Waals surface area contributed by atoms with E-state index in [1.807, 2.05) is 0 Å². The molecule has 2 heteroatoms. The van der Waals surface area contributed by atoms with E-state index in [2.05, 4.69) is 63.0 Å². The first kappa shape index (κ1) is 11.3. The van der Waals surface area contributed by atoms with Crippen LogP contribution < -0.4 is 0 Å². The summed E-state index contributed by atoms with van der Waals surface area (Å²) in [4.78, 5) is 0.634. The van der Waals surface area contributed by atoms with Crippen molar-refractivity contribution in [1.82, 2.24) is 0 Å². The Morgan fingerprint density at radius 1 is 1.31 bits per heavy atom. The highest BCUT2D eigenvalue weighted by atomic mass is 79.9. The van der Waals surface area contributed by atoms with E-state index in [9.17, 15) is 0 Å². The SMILES string of the molecule is CC(Br)CCCc1ccccc1Br. The zero-order valence-electron chi connectivity index (χ0n) is 7.76. The van der Waals surface area contributed by atoms with Crippen LogP contribution in [0.25, 0.3) is 0 Å². The monoisotopic (exact) mass is 304 g/mol. The van der Waals surface area contributed by atoms with Gasteiger partial charge in [-0.25, -0.2) is 0 Å². The molecule has 0 saturated heterocycles. The molecule has 0 aliphatic heterocycles. The minimum atomic E-state index is 0.634. The van der Waals surface area contributed by atoms with Crippen LogP contribution in [0.3, 0.4) is 0 Å². The lowest BCUT2D eigenvalue weighted by molar-refractivity contribution is 0.735. The van der Waals surface area contributed by atoms with Crippen molar-refractivity contribution in [3.63, 3.8) is 0 Å². The molecule has 0 aliphatic carbocycles. The summed E-state index contributed by atoms with van der Waals surface area (Å²) in [5.74, 6) is 0. The van der Waals surface area contributed by atoms with E-state index in [1.54, 1.807) is 0 Å². The molecular formula is C11H14Br2. The van der Waals surface area contributed by atoms with Gasteiger partial charge in [-0.1, -0.05) is 57.0 Å². The van der Waals surface area contributed by atoms with Gasteiger partial charge in [0.05, 0.1) is 0 Å². The first-order valence-corrected chi connectivity index (χ1v) is 6.28. The third-order valence-corrected chi connectivity index (χ3v) is 3.24. The topological polar surface area (TPSA) is 0 Å². The highest BCUT2D eigenvalue weighted by molar-refractivity contribution is 9.10. The number of aryl methyl sites for hydroxylation is 1. The summed E-state index contributed by atoms with van der Waals surface area (Å²) in [5, 5.41) is 0. The normalized spacial score (nSPS) is 12.8.